The second kappa shape index (κ2) is 9.36. The molecule has 130 valence electrons. The van der Waals surface area contributed by atoms with E-state index in [9.17, 15) is 13.2 Å². The number of hydrogen-bond donors (Lipinski definition) is 2. The maximum absolute atomic E-state index is 11.7. The molecule has 1 rings (SSSR count). The summed E-state index contributed by atoms with van der Waals surface area (Å²) in [6.07, 6.45) is 0.878. The molecule has 0 saturated carbocycles. The molecule has 1 amide bonds. The zero-order valence-corrected chi connectivity index (χ0v) is 14.5. The summed E-state index contributed by atoms with van der Waals surface area (Å²) in [5.74, 6) is 1.17. The Labute approximate surface area is 137 Å². The van der Waals surface area contributed by atoms with Crippen molar-refractivity contribution in [3.63, 3.8) is 0 Å². The molecule has 0 spiro atoms. The third-order valence-electron chi connectivity index (χ3n) is 3.24. The van der Waals surface area contributed by atoms with Crippen molar-refractivity contribution in [2.24, 2.45) is 0 Å². The summed E-state index contributed by atoms with van der Waals surface area (Å²) >= 11 is 0. The van der Waals surface area contributed by atoms with Crippen LogP contribution in [-0.4, -0.2) is 47.4 Å². The van der Waals surface area contributed by atoms with Crippen LogP contribution in [0.2, 0.25) is 0 Å². The topological polar surface area (TPSA) is 93.7 Å². The molecule has 2 N–H and O–H groups in total. The molecule has 1 aromatic carbocycles. The first-order valence-electron chi connectivity index (χ1n) is 7.36. The fraction of sp³-hybridized carbons (Fsp3) is 0.533. The second-order valence-electron chi connectivity index (χ2n) is 4.84. The third kappa shape index (κ3) is 6.87. The molecule has 0 saturated heterocycles. The molecule has 1 aromatic rings. The first kappa shape index (κ1) is 19.2. The second-order valence-corrected chi connectivity index (χ2v) is 6.93. The highest BCUT2D eigenvalue weighted by atomic mass is 32.2. The van der Waals surface area contributed by atoms with E-state index < -0.39 is 10.0 Å². The lowest BCUT2D eigenvalue weighted by molar-refractivity contribution is -0.121. The number of methoxy groups -OCH3 is 2. The van der Waals surface area contributed by atoms with Gasteiger partial charge in [0.1, 0.15) is 0 Å². The minimum Gasteiger partial charge on any atom is -0.493 e. The highest BCUT2D eigenvalue weighted by molar-refractivity contribution is 7.89. The summed E-state index contributed by atoms with van der Waals surface area (Å²) < 4.78 is 35.2. The fourth-order valence-electron chi connectivity index (χ4n) is 1.89. The number of hydrogen-bond acceptors (Lipinski definition) is 5. The Balaban J connectivity index is 2.36. The molecule has 0 aromatic heterocycles. The number of carbonyl (C=O) groups excluding carboxylic acids is 1. The highest BCUT2D eigenvalue weighted by Crippen LogP contribution is 2.27. The van der Waals surface area contributed by atoms with E-state index in [1.165, 1.54) is 0 Å². The van der Waals surface area contributed by atoms with E-state index in [4.69, 9.17) is 9.47 Å². The van der Waals surface area contributed by atoms with Gasteiger partial charge in [-0.15, -0.1) is 0 Å². The van der Waals surface area contributed by atoms with Crippen LogP contribution in [0.25, 0.3) is 0 Å². The molecule has 0 aliphatic heterocycles. The van der Waals surface area contributed by atoms with Gasteiger partial charge in [-0.2, -0.15) is 0 Å². The molecule has 23 heavy (non-hydrogen) atoms. The van der Waals surface area contributed by atoms with Gasteiger partial charge in [-0.25, -0.2) is 13.1 Å². The fourth-order valence-corrected chi connectivity index (χ4v) is 2.51. The van der Waals surface area contributed by atoms with Crippen molar-refractivity contribution in [3.05, 3.63) is 23.8 Å². The van der Waals surface area contributed by atoms with E-state index in [2.05, 4.69) is 10.0 Å². The van der Waals surface area contributed by atoms with Crippen LogP contribution < -0.4 is 19.5 Å². The average Bonchev–Trinajstić information content (AvgIpc) is 2.56. The SMILES string of the molecule is CCS(=O)(=O)NCCNC(=O)CCc1ccc(OC)c(OC)c1. The molecular formula is C15H24N2O5S. The summed E-state index contributed by atoms with van der Waals surface area (Å²) in [4.78, 5) is 11.7. The van der Waals surface area contributed by atoms with Gasteiger partial charge in [0.05, 0.1) is 20.0 Å². The van der Waals surface area contributed by atoms with Crippen molar-refractivity contribution in [3.8, 4) is 11.5 Å². The number of rotatable bonds is 10. The first-order chi connectivity index (χ1) is 10.9. The number of sulfonamides is 1. The largest absolute Gasteiger partial charge is 0.493 e. The predicted octanol–water partition coefficient (Wildman–Crippen LogP) is 0.692. The van der Waals surface area contributed by atoms with Crippen LogP contribution in [0.15, 0.2) is 18.2 Å². The molecule has 0 aliphatic rings. The third-order valence-corrected chi connectivity index (χ3v) is 4.64. The minimum absolute atomic E-state index is 0.0280. The van der Waals surface area contributed by atoms with Crippen molar-refractivity contribution in [1.82, 2.24) is 10.0 Å². The molecule has 0 heterocycles. The number of nitrogens with one attached hydrogen (secondary N) is 2. The smallest absolute Gasteiger partial charge is 0.220 e. The van der Waals surface area contributed by atoms with E-state index >= 15 is 0 Å². The van der Waals surface area contributed by atoms with Crippen LogP contribution in [0.3, 0.4) is 0 Å². The van der Waals surface area contributed by atoms with Gasteiger partial charge in [0, 0.05) is 19.5 Å². The van der Waals surface area contributed by atoms with Gasteiger partial charge in [0.25, 0.3) is 0 Å². The highest BCUT2D eigenvalue weighted by Gasteiger charge is 2.08. The van der Waals surface area contributed by atoms with Gasteiger partial charge in [-0.05, 0) is 31.0 Å². The minimum atomic E-state index is -3.21. The van der Waals surface area contributed by atoms with Crippen LogP contribution in [0.5, 0.6) is 11.5 Å². The molecule has 0 radical (unpaired) electrons. The number of benzene rings is 1. The van der Waals surface area contributed by atoms with E-state index in [0.717, 1.165) is 5.56 Å². The quantitative estimate of drug-likeness (QED) is 0.609. The van der Waals surface area contributed by atoms with Crippen molar-refractivity contribution in [1.29, 1.82) is 0 Å². The standard InChI is InChI=1S/C15H24N2O5S/c1-4-23(19,20)17-10-9-16-15(18)8-6-12-5-7-13(21-2)14(11-12)22-3/h5,7,11,17H,4,6,8-10H2,1-3H3,(H,16,18). The molecular weight excluding hydrogens is 320 g/mol. The summed E-state index contributed by atoms with van der Waals surface area (Å²) in [6.45, 7) is 2.02. The van der Waals surface area contributed by atoms with Crippen LogP contribution >= 0.6 is 0 Å². The summed E-state index contributed by atoms with van der Waals surface area (Å²) in [5, 5.41) is 2.68. The van der Waals surface area contributed by atoms with Crippen molar-refractivity contribution in [2.75, 3.05) is 33.1 Å². The molecule has 7 nitrogen and oxygen atoms in total. The molecule has 0 unspecified atom stereocenters. The Morgan fingerprint density at radius 2 is 1.83 bits per heavy atom. The maximum Gasteiger partial charge on any atom is 0.220 e. The monoisotopic (exact) mass is 344 g/mol. The van der Waals surface area contributed by atoms with E-state index in [-0.39, 0.29) is 24.7 Å². The van der Waals surface area contributed by atoms with E-state index in [1.807, 2.05) is 12.1 Å². The van der Waals surface area contributed by atoms with Crippen LogP contribution in [0.1, 0.15) is 18.9 Å². The molecule has 0 bridgehead atoms. The lowest BCUT2D eigenvalue weighted by Crippen LogP contribution is -2.35. The summed E-state index contributed by atoms with van der Waals surface area (Å²) in [6, 6.07) is 5.51. The van der Waals surface area contributed by atoms with Crippen LogP contribution in [-0.2, 0) is 21.2 Å². The van der Waals surface area contributed by atoms with E-state index in [0.29, 0.717) is 24.3 Å². The predicted molar refractivity (Wildman–Crippen MR) is 88.3 cm³/mol. The van der Waals surface area contributed by atoms with Gasteiger partial charge >= 0.3 is 0 Å². The van der Waals surface area contributed by atoms with Crippen LogP contribution in [0.4, 0.5) is 0 Å². The van der Waals surface area contributed by atoms with Gasteiger partial charge in [-0.1, -0.05) is 6.07 Å². The molecule has 0 atom stereocenters. The Morgan fingerprint density at radius 1 is 1.13 bits per heavy atom. The lowest BCUT2D eigenvalue weighted by atomic mass is 10.1. The average molecular weight is 344 g/mol. The van der Waals surface area contributed by atoms with Crippen molar-refractivity contribution >= 4 is 15.9 Å². The Hall–Kier alpha value is -1.80. The van der Waals surface area contributed by atoms with Gasteiger partial charge in [0.15, 0.2) is 11.5 Å². The lowest BCUT2D eigenvalue weighted by Gasteiger charge is -2.10. The van der Waals surface area contributed by atoms with Gasteiger partial charge < -0.3 is 14.8 Å². The molecule has 0 aliphatic carbocycles. The Bertz CT molecular complexity index is 616. The Morgan fingerprint density at radius 3 is 2.43 bits per heavy atom. The van der Waals surface area contributed by atoms with Gasteiger partial charge in [0.2, 0.25) is 15.9 Å². The zero-order chi connectivity index (χ0) is 17.3. The molecule has 8 heteroatoms. The number of carbonyl (C=O) groups is 1. The number of ether oxygens (including phenoxy) is 2. The zero-order valence-electron chi connectivity index (χ0n) is 13.7. The van der Waals surface area contributed by atoms with Crippen molar-refractivity contribution < 1.29 is 22.7 Å². The number of amides is 1. The van der Waals surface area contributed by atoms with Crippen LogP contribution in [0, 0.1) is 0 Å². The van der Waals surface area contributed by atoms with E-state index in [1.54, 1.807) is 27.2 Å². The first-order valence-corrected chi connectivity index (χ1v) is 9.02. The van der Waals surface area contributed by atoms with Crippen molar-refractivity contribution in [2.45, 2.75) is 19.8 Å². The molecule has 0 fully saturated rings. The normalized spacial score (nSPS) is 11.1. The maximum atomic E-state index is 11.7. The summed E-state index contributed by atoms with van der Waals surface area (Å²) in [7, 11) is -0.0857. The van der Waals surface area contributed by atoms with Gasteiger partial charge in [-0.3, -0.25) is 4.79 Å². The number of aryl methyl sites for hydroxylation is 1. The summed E-state index contributed by atoms with van der Waals surface area (Å²) in [5.41, 5.74) is 0.962. The Kier molecular flexibility index (Phi) is 7.84.